The van der Waals surface area contributed by atoms with Crippen LogP contribution >= 0.6 is 0 Å². The number of amides is 1. The van der Waals surface area contributed by atoms with E-state index in [9.17, 15) is 15.0 Å². The summed E-state index contributed by atoms with van der Waals surface area (Å²) in [6, 6.07) is 22.2. The minimum Gasteiger partial charge on any atom is -0.504 e. The number of carbonyl (C=O) groups is 1. The molecule has 7 rings (SSSR count). The lowest BCUT2D eigenvalue weighted by atomic mass is 9.48. The summed E-state index contributed by atoms with van der Waals surface area (Å²) in [7, 11) is 0. The third-order valence-corrected chi connectivity index (χ3v) is 10.8. The molecule has 2 N–H and O–H groups in total. The molecule has 2 bridgehead atoms. The summed E-state index contributed by atoms with van der Waals surface area (Å²) in [6.45, 7) is 8.64. The van der Waals surface area contributed by atoms with Crippen LogP contribution < -0.4 is 4.74 Å². The Labute approximate surface area is 261 Å². The van der Waals surface area contributed by atoms with Gasteiger partial charge in [0.15, 0.2) is 11.5 Å². The fourth-order valence-corrected chi connectivity index (χ4v) is 8.93. The van der Waals surface area contributed by atoms with Crippen LogP contribution in [0.3, 0.4) is 0 Å². The standard InChI is InChI=1S/C38H44N2O4/c1-25(2)24-40(33(42)15-12-28-11-7-8-26(3)22-28)30-16-18-38(43)32-23-29-13-14-31(41)35-34(29)37(38,36(30)44-35)19-21-39(32)20-17-27-9-5-4-6-10-27/h4-15,22,25,30,32,36,41,43H,16-21,23-24H2,1-3H3/b15-12+/t30?,32-,36?,37+,38-/m1/s1. The number of aromatic hydroxyl groups is 1. The topological polar surface area (TPSA) is 73.2 Å². The summed E-state index contributed by atoms with van der Waals surface area (Å²) in [5.74, 6) is 0.862. The molecule has 0 radical (unpaired) electrons. The van der Waals surface area contributed by atoms with Crippen LogP contribution in [0.15, 0.2) is 72.8 Å². The fourth-order valence-electron chi connectivity index (χ4n) is 8.93. The van der Waals surface area contributed by atoms with Gasteiger partial charge in [-0.1, -0.05) is 80.1 Å². The molecule has 1 amide bonds. The molecule has 3 aromatic carbocycles. The van der Waals surface area contributed by atoms with Crippen LogP contribution in [0.5, 0.6) is 11.5 Å². The number of benzene rings is 3. The van der Waals surface area contributed by atoms with Crippen molar-refractivity contribution in [2.75, 3.05) is 19.6 Å². The zero-order valence-electron chi connectivity index (χ0n) is 26.1. The number of carbonyl (C=O) groups excluding carboxylic acids is 1. The van der Waals surface area contributed by atoms with Crippen molar-refractivity contribution in [1.29, 1.82) is 0 Å². The number of rotatable bonds is 8. The molecule has 2 aliphatic heterocycles. The van der Waals surface area contributed by atoms with Gasteiger partial charge in [0.05, 0.1) is 17.1 Å². The predicted octanol–water partition coefficient (Wildman–Crippen LogP) is 5.66. The molecule has 230 valence electrons. The number of hydrogen-bond donors (Lipinski definition) is 2. The van der Waals surface area contributed by atoms with Crippen LogP contribution in [0.2, 0.25) is 0 Å². The molecular formula is C38H44N2O4. The van der Waals surface area contributed by atoms with Crippen LogP contribution in [-0.4, -0.2) is 69.3 Å². The average Bonchev–Trinajstić information content (AvgIpc) is 3.36. The van der Waals surface area contributed by atoms with Crippen molar-refractivity contribution in [1.82, 2.24) is 9.80 Å². The molecule has 6 nitrogen and oxygen atoms in total. The highest BCUT2D eigenvalue weighted by Crippen LogP contribution is 2.65. The van der Waals surface area contributed by atoms with E-state index >= 15 is 0 Å². The molecule has 1 saturated carbocycles. The smallest absolute Gasteiger partial charge is 0.246 e. The number of nitrogens with zero attached hydrogens (tertiary/aromatic N) is 2. The van der Waals surface area contributed by atoms with Gasteiger partial charge in [-0.2, -0.15) is 0 Å². The first-order valence-electron chi connectivity index (χ1n) is 16.3. The fraction of sp³-hybridized carbons (Fsp3) is 0.447. The second-order valence-corrected chi connectivity index (χ2v) is 13.9. The highest BCUT2D eigenvalue weighted by Gasteiger charge is 2.73. The van der Waals surface area contributed by atoms with E-state index in [2.05, 4.69) is 62.1 Å². The van der Waals surface area contributed by atoms with E-state index in [0.717, 1.165) is 54.6 Å². The van der Waals surface area contributed by atoms with Gasteiger partial charge in [0.1, 0.15) is 6.10 Å². The molecule has 4 aliphatic rings. The number of hydrogen-bond acceptors (Lipinski definition) is 5. The molecule has 2 fully saturated rings. The molecule has 2 unspecified atom stereocenters. The van der Waals surface area contributed by atoms with Gasteiger partial charge in [-0.05, 0) is 80.3 Å². The normalized spacial score (nSPS) is 28.6. The van der Waals surface area contributed by atoms with Gasteiger partial charge in [0.25, 0.3) is 0 Å². The van der Waals surface area contributed by atoms with Crippen molar-refractivity contribution >= 4 is 12.0 Å². The molecule has 1 saturated heterocycles. The maximum absolute atomic E-state index is 14.0. The van der Waals surface area contributed by atoms with Gasteiger partial charge in [-0.15, -0.1) is 0 Å². The van der Waals surface area contributed by atoms with E-state index in [4.69, 9.17) is 4.74 Å². The molecule has 0 aromatic heterocycles. The number of aliphatic hydroxyl groups is 1. The zero-order chi connectivity index (χ0) is 30.6. The van der Waals surface area contributed by atoms with E-state index in [1.165, 1.54) is 5.56 Å². The lowest BCUT2D eigenvalue weighted by molar-refractivity contribution is -0.201. The largest absolute Gasteiger partial charge is 0.504 e. The number of likely N-dealkylation sites (tertiary alicyclic amines) is 1. The van der Waals surface area contributed by atoms with E-state index in [-0.39, 0.29) is 29.7 Å². The number of phenols is 1. The zero-order valence-corrected chi connectivity index (χ0v) is 26.1. The molecule has 3 aromatic rings. The number of phenolic OH excluding ortho intramolecular Hbond substituents is 1. The van der Waals surface area contributed by atoms with Crippen molar-refractivity contribution in [2.45, 2.75) is 82.1 Å². The van der Waals surface area contributed by atoms with Crippen LogP contribution in [0.25, 0.3) is 6.08 Å². The highest BCUT2D eigenvalue weighted by molar-refractivity contribution is 5.92. The summed E-state index contributed by atoms with van der Waals surface area (Å²) in [5.41, 5.74) is 3.90. The first kappa shape index (κ1) is 29.1. The van der Waals surface area contributed by atoms with Crippen molar-refractivity contribution < 1.29 is 19.7 Å². The molecule has 1 spiro atoms. The third kappa shape index (κ3) is 4.57. The van der Waals surface area contributed by atoms with Crippen LogP contribution in [0.4, 0.5) is 0 Å². The molecule has 2 aliphatic carbocycles. The maximum atomic E-state index is 14.0. The van der Waals surface area contributed by atoms with Crippen LogP contribution in [0, 0.1) is 12.8 Å². The monoisotopic (exact) mass is 592 g/mol. The second-order valence-electron chi connectivity index (χ2n) is 13.9. The Morgan fingerprint density at radius 3 is 2.70 bits per heavy atom. The molecule has 6 heteroatoms. The number of ether oxygens (including phenoxy) is 1. The van der Waals surface area contributed by atoms with Crippen molar-refractivity contribution in [2.24, 2.45) is 5.92 Å². The first-order chi connectivity index (χ1) is 21.2. The van der Waals surface area contributed by atoms with E-state index in [0.29, 0.717) is 25.1 Å². The highest BCUT2D eigenvalue weighted by atomic mass is 16.5. The second kappa shape index (κ2) is 11.1. The quantitative estimate of drug-likeness (QED) is 0.330. The minimum atomic E-state index is -1.01. The van der Waals surface area contributed by atoms with Gasteiger partial charge in [0, 0.05) is 30.8 Å². The van der Waals surface area contributed by atoms with Gasteiger partial charge >= 0.3 is 0 Å². The minimum absolute atomic E-state index is 0.0382. The molecule has 44 heavy (non-hydrogen) atoms. The Balaban J connectivity index is 1.25. The van der Waals surface area contributed by atoms with E-state index in [1.54, 1.807) is 12.1 Å². The van der Waals surface area contributed by atoms with Crippen molar-refractivity contribution in [3.05, 3.63) is 101 Å². The first-order valence-corrected chi connectivity index (χ1v) is 16.3. The molecular weight excluding hydrogens is 548 g/mol. The third-order valence-electron chi connectivity index (χ3n) is 10.8. The molecule has 2 heterocycles. The Kier molecular flexibility index (Phi) is 7.33. The van der Waals surface area contributed by atoms with E-state index in [1.807, 2.05) is 35.2 Å². The predicted molar refractivity (Wildman–Crippen MR) is 173 cm³/mol. The summed E-state index contributed by atoms with van der Waals surface area (Å²) in [6.07, 6.45) is 6.77. The summed E-state index contributed by atoms with van der Waals surface area (Å²) >= 11 is 0. The summed E-state index contributed by atoms with van der Waals surface area (Å²) < 4.78 is 6.80. The van der Waals surface area contributed by atoms with Crippen LogP contribution in [0.1, 0.15) is 60.9 Å². The van der Waals surface area contributed by atoms with Crippen molar-refractivity contribution in [3.8, 4) is 11.5 Å². The van der Waals surface area contributed by atoms with Crippen LogP contribution in [-0.2, 0) is 23.1 Å². The number of aryl methyl sites for hydroxylation is 1. The Hall–Kier alpha value is -3.61. The maximum Gasteiger partial charge on any atom is 0.246 e. The Morgan fingerprint density at radius 2 is 1.93 bits per heavy atom. The Morgan fingerprint density at radius 1 is 1.11 bits per heavy atom. The molecule has 5 atom stereocenters. The Bertz CT molecular complexity index is 1580. The van der Waals surface area contributed by atoms with Gasteiger partial charge in [0.2, 0.25) is 5.91 Å². The lowest BCUT2D eigenvalue weighted by Gasteiger charge is -2.65. The lowest BCUT2D eigenvalue weighted by Crippen LogP contribution is -2.78. The van der Waals surface area contributed by atoms with Gasteiger partial charge < -0.3 is 19.8 Å². The van der Waals surface area contributed by atoms with Crippen molar-refractivity contribution in [3.63, 3.8) is 0 Å². The van der Waals surface area contributed by atoms with Gasteiger partial charge in [-0.3, -0.25) is 9.69 Å². The summed E-state index contributed by atoms with van der Waals surface area (Å²) in [4.78, 5) is 18.5. The summed E-state index contributed by atoms with van der Waals surface area (Å²) in [5, 5.41) is 24.0. The SMILES string of the molecule is Cc1cccc(/C=C/C(=O)N(CC(C)C)C2CC[C@@]3(O)[C@H]4Cc5ccc(O)c6c5[C@@]3(CCN4CCc3ccccc3)C2O6)c1. The van der Waals surface area contributed by atoms with Gasteiger partial charge in [-0.25, -0.2) is 0 Å². The average molecular weight is 593 g/mol. The number of piperidine rings is 1. The van der Waals surface area contributed by atoms with E-state index < -0.39 is 17.1 Å².